The van der Waals surface area contributed by atoms with Crippen LogP contribution in [-0.4, -0.2) is 28.9 Å². The van der Waals surface area contributed by atoms with Crippen LogP contribution in [0.1, 0.15) is 28.8 Å². The lowest BCUT2D eigenvalue weighted by atomic mass is 10.1. The first-order valence-corrected chi connectivity index (χ1v) is 7.76. The van der Waals surface area contributed by atoms with E-state index in [1.807, 2.05) is 17.0 Å². The highest BCUT2D eigenvalue weighted by molar-refractivity contribution is 5.95. The van der Waals surface area contributed by atoms with Crippen molar-refractivity contribution < 1.29 is 9.72 Å². The highest BCUT2D eigenvalue weighted by atomic mass is 16.6. The number of benzene rings is 1. The number of aromatic nitrogens is 1. The lowest BCUT2D eigenvalue weighted by molar-refractivity contribution is -0.384. The number of anilines is 1. The fraction of sp³-hybridized carbons (Fsp3) is 0.294. The molecule has 1 aliphatic carbocycles. The number of nitrogens with one attached hydrogen (secondary N) is 1. The summed E-state index contributed by atoms with van der Waals surface area (Å²) >= 11 is 0. The van der Waals surface area contributed by atoms with Crippen molar-refractivity contribution in [1.29, 1.82) is 0 Å². The molecule has 1 fully saturated rings. The van der Waals surface area contributed by atoms with E-state index in [-0.39, 0.29) is 23.2 Å². The molecule has 1 amide bonds. The van der Waals surface area contributed by atoms with Gasteiger partial charge in [0.05, 0.1) is 4.92 Å². The van der Waals surface area contributed by atoms with E-state index >= 15 is 0 Å². The number of carbonyl (C=O) groups excluding carboxylic acids is 1. The number of pyridine rings is 1. The maximum Gasteiger partial charge on any atom is 0.293 e. The summed E-state index contributed by atoms with van der Waals surface area (Å²) in [5.41, 5.74) is 1.77. The van der Waals surface area contributed by atoms with E-state index in [2.05, 4.69) is 10.3 Å². The minimum atomic E-state index is -0.430. The largest absolute Gasteiger partial charge is 0.359 e. The first-order chi connectivity index (χ1) is 11.6. The Hall–Kier alpha value is -2.96. The number of hydrogen-bond acceptors (Lipinski definition) is 5. The number of nitrogens with zero attached hydrogens (tertiary/aromatic N) is 3. The van der Waals surface area contributed by atoms with Gasteiger partial charge in [-0.3, -0.25) is 19.9 Å². The van der Waals surface area contributed by atoms with Crippen LogP contribution >= 0.6 is 0 Å². The van der Waals surface area contributed by atoms with Gasteiger partial charge < -0.3 is 10.2 Å². The molecular formula is C17H18N4O3. The third-order valence-corrected chi connectivity index (χ3v) is 4.03. The van der Waals surface area contributed by atoms with Gasteiger partial charge in [-0.15, -0.1) is 0 Å². The van der Waals surface area contributed by atoms with Crippen molar-refractivity contribution in [1.82, 2.24) is 10.3 Å². The fourth-order valence-electron chi connectivity index (χ4n) is 2.68. The zero-order valence-electron chi connectivity index (χ0n) is 13.3. The van der Waals surface area contributed by atoms with Crippen LogP contribution in [0.3, 0.4) is 0 Å². The monoisotopic (exact) mass is 326 g/mol. The maximum absolute atomic E-state index is 11.8. The minimum absolute atomic E-state index is 0.0492. The third-order valence-electron chi connectivity index (χ3n) is 4.03. The van der Waals surface area contributed by atoms with Gasteiger partial charge >= 0.3 is 0 Å². The van der Waals surface area contributed by atoms with Crippen molar-refractivity contribution in [3.8, 4) is 0 Å². The van der Waals surface area contributed by atoms with Crippen molar-refractivity contribution in [3.05, 3.63) is 64.0 Å². The average molecular weight is 326 g/mol. The molecule has 2 aromatic rings. The van der Waals surface area contributed by atoms with E-state index in [0.29, 0.717) is 12.2 Å². The van der Waals surface area contributed by atoms with Gasteiger partial charge in [0.1, 0.15) is 5.69 Å². The van der Waals surface area contributed by atoms with Gasteiger partial charge in [-0.2, -0.15) is 0 Å². The molecule has 1 aromatic heterocycles. The average Bonchev–Trinajstić information content (AvgIpc) is 3.44. The number of amides is 1. The van der Waals surface area contributed by atoms with Gasteiger partial charge in [-0.25, -0.2) is 0 Å². The van der Waals surface area contributed by atoms with Gasteiger partial charge in [0.2, 0.25) is 0 Å². The predicted molar refractivity (Wildman–Crippen MR) is 89.9 cm³/mol. The summed E-state index contributed by atoms with van der Waals surface area (Å²) in [6.45, 7) is 0.554. The second-order valence-electron chi connectivity index (χ2n) is 5.76. The van der Waals surface area contributed by atoms with Crippen LogP contribution in [0.5, 0.6) is 0 Å². The first-order valence-electron chi connectivity index (χ1n) is 7.76. The van der Waals surface area contributed by atoms with E-state index in [4.69, 9.17) is 0 Å². The first kappa shape index (κ1) is 15.9. The molecule has 24 heavy (non-hydrogen) atoms. The Morgan fingerprint density at radius 2 is 2.21 bits per heavy atom. The lowest BCUT2D eigenvalue weighted by Crippen LogP contribution is -2.26. The summed E-state index contributed by atoms with van der Waals surface area (Å²) in [7, 11) is 1.50. The quantitative estimate of drug-likeness (QED) is 0.651. The Balaban J connectivity index is 1.98. The predicted octanol–water partition coefficient (Wildman–Crippen LogP) is 2.52. The van der Waals surface area contributed by atoms with Gasteiger partial charge in [0.25, 0.3) is 11.6 Å². The molecule has 1 saturated carbocycles. The van der Waals surface area contributed by atoms with Crippen LogP contribution in [0, 0.1) is 10.1 Å². The minimum Gasteiger partial charge on any atom is -0.359 e. The van der Waals surface area contributed by atoms with Crippen LogP contribution in [0.25, 0.3) is 0 Å². The number of carbonyl (C=O) groups is 1. The van der Waals surface area contributed by atoms with Gasteiger partial charge in [-0.05, 0) is 36.6 Å². The molecule has 0 bridgehead atoms. The molecule has 0 radical (unpaired) electrons. The smallest absolute Gasteiger partial charge is 0.293 e. The van der Waals surface area contributed by atoms with E-state index in [1.165, 1.54) is 13.1 Å². The number of rotatable bonds is 6. The second-order valence-corrected chi connectivity index (χ2v) is 5.76. The second kappa shape index (κ2) is 6.66. The molecule has 124 valence electrons. The van der Waals surface area contributed by atoms with Crippen molar-refractivity contribution in [2.75, 3.05) is 11.9 Å². The molecule has 1 aliphatic rings. The van der Waals surface area contributed by atoms with Crippen LogP contribution in [-0.2, 0) is 6.54 Å². The molecule has 1 heterocycles. The molecule has 3 rings (SSSR count). The van der Waals surface area contributed by atoms with E-state index in [1.54, 1.807) is 24.5 Å². The highest BCUT2D eigenvalue weighted by Gasteiger charge is 2.33. The normalized spacial score (nSPS) is 13.4. The summed E-state index contributed by atoms with van der Waals surface area (Å²) in [6.07, 6.45) is 5.48. The molecule has 7 nitrogen and oxygen atoms in total. The Kier molecular flexibility index (Phi) is 4.41. The Bertz CT molecular complexity index is 760. The van der Waals surface area contributed by atoms with E-state index < -0.39 is 4.92 Å². The summed E-state index contributed by atoms with van der Waals surface area (Å²) in [5.74, 6) is -0.338. The van der Waals surface area contributed by atoms with Crippen molar-refractivity contribution >= 4 is 17.3 Å². The molecule has 1 aromatic carbocycles. The van der Waals surface area contributed by atoms with Crippen LogP contribution in [0.15, 0.2) is 42.7 Å². The van der Waals surface area contributed by atoms with Crippen molar-refractivity contribution in [2.45, 2.75) is 25.4 Å². The van der Waals surface area contributed by atoms with Gasteiger partial charge in [0, 0.05) is 43.7 Å². The molecule has 0 saturated heterocycles. The lowest BCUT2D eigenvalue weighted by Gasteiger charge is -2.24. The van der Waals surface area contributed by atoms with Gasteiger partial charge in [-0.1, -0.05) is 6.07 Å². The van der Waals surface area contributed by atoms with Crippen LogP contribution in [0.4, 0.5) is 11.4 Å². The molecule has 0 aliphatic heterocycles. The summed E-state index contributed by atoms with van der Waals surface area (Å²) in [5, 5.41) is 14.0. The molecule has 1 N–H and O–H groups in total. The molecular weight excluding hydrogens is 308 g/mol. The summed E-state index contributed by atoms with van der Waals surface area (Å²) in [6, 6.07) is 8.72. The number of nitro benzene ring substituents is 1. The standard InChI is InChI=1S/C17H18N4O3/c1-18-17(22)13-4-7-15(16(9-13)21(23)24)20(14-5-6-14)11-12-3-2-8-19-10-12/h2-4,7-10,14H,5-6,11H2,1H3,(H,18,22). The Morgan fingerprint density at radius 1 is 1.42 bits per heavy atom. The van der Waals surface area contributed by atoms with Crippen molar-refractivity contribution in [2.24, 2.45) is 0 Å². The Labute approximate surface area is 139 Å². The fourth-order valence-corrected chi connectivity index (χ4v) is 2.68. The number of nitro groups is 1. The molecule has 0 atom stereocenters. The highest BCUT2D eigenvalue weighted by Crippen LogP contribution is 2.38. The van der Waals surface area contributed by atoms with Crippen molar-refractivity contribution in [3.63, 3.8) is 0 Å². The molecule has 0 unspecified atom stereocenters. The Morgan fingerprint density at radius 3 is 2.79 bits per heavy atom. The number of hydrogen-bond donors (Lipinski definition) is 1. The van der Waals surface area contributed by atoms with Crippen LogP contribution < -0.4 is 10.2 Å². The molecule has 0 spiro atoms. The van der Waals surface area contributed by atoms with E-state index in [0.717, 1.165) is 18.4 Å². The zero-order valence-corrected chi connectivity index (χ0v) is 13.3. The SMILES string of the molecule is CNC(=O)c1ccc(N(Cc2cccnc2)C2CC2)c([N+](=O)[O-])c1. The maximum atomic E-state index is 11.8. The summed E-state index contributed by atoms with van der Waals surface area (Å²) in [4.78, 5) is 29.0. The zero-order chi connectivity index (χ0) is 17.1. The topological polar surface area (TPSA) is 88.4 Å². The molecule has 7 heteroatoms. The van der Waals surface area contributed by atoms with Crippen LogP contribution in [0.2, 0.25) is 0 Å². The van der Waals surface area contributed by atoms with Gasteiger partial charge in [0.15, 0.2) is 0 Å². The third kappa shape index (κ3) is 3.34. The summed E-state index contributed by atoms with van der Waals surface area (Å²) < 4.78 is 0. The van der Waals surface area contributed by atoms with E-state index in [9.17, 15) is 14.9 Å².